The van der Waals surface area contributed by atoms with Crippen LogP contribution in [0, 0.1) is 6.92 Å². The summed E-state index contributed by atoms with van der Waals surface area (Å²) < 4.78 is 45.6. The van der Waals surface area contributed by atoms with Gasteiger partial charge in [-0.1, -0.05) is 60.7 Å². The summed E-state index contributed by atoms with van der Waals surface area (Å²) in [6.07, 6.45) is 1.45. The van der Waals surface area contributed by atoms with E-state index in [9.17, 15) is 18.0 Å². The topological polar surface area (TPSA) is 136 Å². The molecule has 2 N–H and O–H groups in total. The van der Waals surface area contributed by atoms with Crippen molar-refractivity contribution in [2.75, 3.05) is 33.9 Å². The van der Waals surface area contributed by atoms with Gasteiger partial charge in [0, 0.05) is 29.6 Å². The number of nitrogens with zero attached hydrogens (tertiary/aromatic N) is 2. The van der Waals surface area contributed by atoms with Crippen LogP contribution in [0.4, 0.5) is 0 Å². The zero-order chi connectivity index (χ0) is 32.9. The van der Waals surface area contributed by atoms with Crippen LogP contribution in [0.1, 0.15) is 49.0 Å². The van der Waals surface area contributed by atoms with E-state index in [1.165, 1.54) is 19.6 Å². The molecule has 0 atom stereocenters. The van der Waals surface area contributed by atoms with Gasteiger partial charge in [-0.05, 0) is 43.0 Å². The van der Waals surface area contributed by atoms with E-state index in [0.29, 0.717) is 41.6 Å². The molecule has 1 aromatic heterocycles. The molecule has 0 fully saturated rings. The summed E-state index contributed by atoms with van der Waals surface area (Å²) in [5.74, 6) is -0.0854. The van der Waals surface area contributed by atoms with Gasteiger partial charge in [-0.25, -0.2) is 9.71 Å². The highest BCUT2D eigenvalue weighted by Crippen LogP contribution is 2.30. The summed E-state index contributed by atoms with van der Waals surface area (Å²) in [6.45, 7) is 2.82. The number of carbonyl (C=O) groups excluding carboxylic acids is 2. The first-order valence-corrected chi connectivity index (χ1v) is 17.0. The number of benzene rings is 3. The molecule has 4 rings (SSSR count). The number of hydrogen-bond acceptors (Lipinski definition) is 9. The van der Waals surface area contributed by atoms with E-state index in [1.807, 2.05) is 72.3 Å². The SMILES string of the molecule is COc1cc(C(=O)N(CCCc2ccccc2)Cc2nc(C(=O)NS(=O)(=O)NCCOCc3ccccc3)cs2)cc(OC)c1C. The molecule has 46 heavy (non-hydrogen) atoms. The lowest BCUT2D eigenvalue weighted by Crippen LogP contribution is -2.41. The maximum absolute atomic E-state index is 13.8. The predicted molar refractivity (Wildman–Crippen MR) is 176 cm³/mol. The van der Waals surface area contributed by atoms with Crippen molar-refractivity contribution in [2.45, 2.75) is 32.9 Å². The minimum absolute atomic E-state index is 0.0214. The Kier molecular flexibility index (Phi) is 12.7. The van der Waals surface area contributed by atoms with Crippen LogP contribution < -0.4 is 18.9 Å². The average molecular weight is 667 g/mol. The Morgan fingerprint density at radius 3 is 2.20 bits per heavy atom. The summed E-state index contributed by atoms with van der Waals surface area (Å²) in [5.41, 5.74) is 3.21. The Morgan fingerprint density at radius 1 is 0.935 bits per heavy atom. The highest BCUT2D eigenvalue weighted by molar-refractivity contribution is 7.88. The molecule has 0 saturated heterocycles. The lowest BCUT2D eigenvalue weighted by atomic mass is 10.1. The van der Waals surface area contributed by atoms with Crippen molar-refractivity contribution in [2.24, 2.45) is 0 Å². The van der Waals surface area contributed by atoms with Gasteiger partial charge in [0.1, 0.15) is 22.2 Å². The number of carbonyl (C=O) groups is 2. The second-order valence-corrected chi connectivity index (χ2v) is 12.8. The minimum atomic E-state index is -4.15. The van der Waals surface area contributed by atoms with Gasteiger partial charge in [0.25, 0.3) is 11.8 Å². The third-order valence-electron chi connectivity index (χ3n) is 7.01. The van der Waals surface area contributed by atoms with Crippen molar-refractivity contribution >= 4 is 33.4 Å². The van der Waals surface area contributed by atoms with Crippen LogP contribution in [0.2, 0.25) is 0 Å². The van der Waals surface area contributed by atoms with E-state index in [4.69, 9.17) is 14.2 Å². The molecule has 0 unspecified atom stereocenters. The second-order valence-electron chi connectivity index (χ2n) is 10.3. The monoisotopic (exact) mass is 666 g/mol. The van der Waals surface area contributed by atoms with Crippen molar-refractivity contribution in [3.8, 4) is 11.5 Å². The number of methoxy groups -OCH3 is 2. The van der Waals surface area contributed by atoms with E-state index < -0.39 is 16.1 Å². The third kappa shape index (κ3) is 10.1. The number of nitrogens with one attached hydrogen (secondary N) is 2. The zero-order valence-corrected chi connectivity index (χ0v) is 27.7. The highest BCUT2D eigenvalue weighted by Gasteiger charge is 2.23. The van der Waals surface area contributed by atoms with Gasteiger partial charge in [0.05, 0.1) is 34.0 Å². The lowest BCUT2D eigenvalue weighted by molar-refractivity contribution is 0.0740. The predicted octanol–water partition coefficient (Wildman–Crippen LogP) is 4.52. The summed E-state index contributed by atoms with van der Waals surface area (Å²) in [7, 11) is -1.08. The smallest absolute Gasteiger partial charge is 0.301 e. The largest absolute Gasteiger partial charge is 0.496 e. The highest BCUT2D eigenvalue weighted by atomic mass is 32.2. The first-order valence-electron chi connectivity index (χ1n) is 14.6. The number of aromatic nitrogens is 1. The van der Waals surface area contributed by atoms with Crippen LogP contribution in [-0.2, 0) is 34.5 Å². The Morgan fingerprint density at radius 2 is 1.57 bits per heavy atom. The average Bonchev–Trinajstić information content (AvgIpc) is 3.53. The molecule has 1 heterocycles. The molecule has 0 spiro atoms. The van der Waals surface area contributed by atoms with Gasteiger partial charge in [0.2, 0.25) is 0 Å². The summed E-state index contributed by atoms with van der Waals surface area (Å²) >= 11 is 1.16. The van der Waals surface area contributed by atoms with Crippen molar-refractivity contribution < 1.29 is 32.2 Å². The van der Waals surface area contributed by atoms with Crippen LogP contribution in [0.25, 0.3) is 0 Å². The van der Waals surface area contributed by atoms with E-state index >= 15 is 0 Å². The molecule has 0 aliphatic rings. The molecular weight excluding hydrogens is 629 g/mol. The van der Waals surface area contributed by atoms with Crippen molar-refractivity contribution in [1.82, 2.24) is 19.3 Å². The Labute approximate surface area is 273 Å². The Hall–Kier alpha value is -4.30. The number of amides is 2. The number of aryl methyl sites for hydroxylation is 1. The van der Waals surface area contributed by atoms with Crippen LogP contribution in [0.5, 0.6) is 11.5 Å². The lowest BCUT2D eigenvalue weighted by Gasteiger charge is -2.23. The molecule has 11 nitrogen and oxygen atoms in total. The molecule has 0 saturated carbocycles. The van der Waals surface area contributed by atoms with Gasteiger partial charge >= 0.3 is 10.2 Å². The molecule has 4 aromatic rings. The van der Waals surface area contributed by atoms with E-state index in [0.717, 1.165) is 34.4 Å². The fourth-order valence-electron chi connectivity index (χ4n) is 4.64. The molecule has 0 radical (unpaired) electrons. The summed E-state index contributed by atoms with van der Waals surface area (Å²) in [6, 6.07) is 22.8. The van der Waals surface area contributed by atoms with Gasteiger partial charge < -0.3 is 19.1 Å². The zero-order valence-electron chi connectivity index (χ0n) is 26.0. The maximum atomic E-state index is 13.8. The second kappa shape index (κ2) is 16.9. The van der Waals surface area contributed by atoms with Crippen molar-refractivity contribution in [3.05, 3.63) is 111 Å². The summed E-state index contributed by atoms with van der Waals surface area (Å²) in [5, 5.41) is 1.94. The number of hydrogen-bond donors (Lipinski definition) is 2. The maximum Gasteiger partial charge on any atom is 0.301 e. The first kappa shape index (κ1) is 34.6. The van der Waals surface area contributed by atoms with Gasteiger partial charge in [-0.2, -0.15) is 13.1 Å². The fourth-order valence-corrected chi connectivity index (χ4v) is 6.20. The number of ether oxygens (including phenoxy) is 3. The van der Waals surface area contributed by atoms with E-state index in [2.05, 4.69) is 9.71 Å². The van der Waals surface area contributed by atoms with Gasteiger partial charge in [0.15, 0.2) is 0 Å². The quantitative estimate of drug-likeness (QED) is 0.157. The molecule has 0 aliphatic heterocycles. The van der Waals surface area contributed by atoms with E-state index in [-0.39, 0.29) is 31.3 Å². The van der Waals surface area contributed by atoms with Crippen molar-refractivity contribution in [1.29, 1.82) is 0 Å². The Balaban J connectivity index is 1.39. The Bertz CT molecular complexity index is 1670. The normalized spacial score (nSPS) is 11.2. The summed E-state index contributed by atoms with van der Waals surface area (Å²) in [4.78, 5) is 32.6. The molecule has 0 bridgehead atoms. The van der Waals surface area contributed by atoms with Crippen LogP contribution in [-0.4, -0.2) is 64.0 Å². The minimum Gasteiger partial charge on any atom is -0.496 e. The molecular formula is C33H38N4O7S2. The van der Waals surface area contributed by atoms with Gasteiger partial charge in [-0.15, -0.1) is 11.3 Å². The van der Waals surface area contributed by atoms with Crippen molar-refractivity contribution in [3.63, 3.8) is 0 Å². The van der Waals surface area contributed by atoms with E-state index in [1.54, 1.807) is 17.0 Å². The van der Waals surface area contributed by atoms with Gasteiger partial charge in [-0.3, -0.25) is 9.59 Å². The number of thiazole rings is 1. The first-order chi connectivity index (χ1) is 22.2. The fraction of sp³-hybridized carbons (Fsp3) is 0.303. The van der Waals surface area contributed by atoms with Crippen LogP contribution in [0.3, 0.4) is 0 Å². The number of rotatable bonds is 17. The molecule has 2 amide bonds. The molecule has 244 valence electrons. The third-order valence-corrected chi connectivity index (χ3v) is 8.88. The van der Waals surface area contributed by atoms with Crippen LogP contribution >= 0.6 is 11.3 Å². The molecule has 13 heteroatoms. The standard InChI is InChI=1S/C33H38N4O7S2/c1-24-29(42-2)19-27(20-30(24)43-3)33(39)37(17-10-15-25-11-6-4-7-12-25)21-31-35-28(23-45-31)32(38)36-46(40,41)34-16-18-44-22-26-13-8-5-9-14-26/h4-9,11-14,19-20,23,34H,10,15-18,21-22H2,1-3H3,(H,36,38). The molecule has 0 aliphatic carbocycles. The molecule has 3 aromatic carbocycles. The van der Waals surface area contributed by atoms with Crippen LogP contribution in [0.15, 0.2) is 78.2 Å².